The van der Waals surface area contributed by atoms with Crippen LogP contribution in [0.2, 0.25) is 0 Å². The molecule has 6 heteroatoms. The van der Waals surface area contributed by atoms with Gasteiger partial charge in [-0.2, -0.15) is 4.37 Å². The van der Waals surface area contributed by atoms with Gasteiger partial charge in [0.25, 0.3) is 5.91 Å². The van der Waals surface area contributed by atoms with E-state index in [0.717, 1.165) is 29.9 Å². The van der Waals surface area contributed by atoms with Gasteiger partial charge in [0.1, 0.15) is 10.6 Å². The quantitative estimate of drug-likeness (QED) is 0.832. The maximum absolute atomic E-state index is 12.0. The highest BCUT2D eigenvalue weighted by atomic mass is 32.1. The number of nitrogens with one attached hydrogen (secondary N) is 1. The summed E-state index contributed by atoms with van der Waals surface area (Å²) >= 11 is 1.36. The van der Waals surface area contributed by atoms with Gasteiger partial charge in [0.2, 0.25) is 0 Å². The van der Waals surface area contributed by atoms with Crippen molar-refractivity contribution in [2.45, 2.75) is 25.7 Å². The normalized spacial score (nSPS) is 18.4. The van der Waals surface area contributed by atoms with Crippen molar-refractivity contribution in [3.05, 3.63) is 5.56 Å². The van der Waals surface area contributed by atoms with Gasteiger partial charge in [-0.25, -0.2) is 0 Å². The summed E-state index contributed by atoms with van der Waals surface area (Å²) in [5.41, 5.74) is 6.42. The summed E-state index contributed by atoms with van der Waals surface area (Å²) < 4.78 is 4.18. The molecule has 0 bridgehead atoms. The second kappa shape index (κ2) is 5.00. The van der Waals surface area contributed by atoms with Crippen LogP contribution in [0.1, 0.15) is 36.0 Å². The minimum Gasteiger partial charge on any atom is -0.382 e. The zero-order valence-electron chi connectivity index (χ0n) is 11.2. The Labute approximate surface area is 117 Å². The van der Waals surface area contributed by atoms with E-state index >= 15 is 0 Å². The smallest absolute Gasteiger partial charge is 0.257 e. The molecule has 1 aromatic rings. The van der Waals surface area contributed by atoms with E-state index in [9.17, 15) is 4.79 Å². The highest BCUT2D eigenvalue weighted by Crippen LogP contribution is 2.39. The molecule has 0 saturated heterocycles. The number of carbonyl (C=O) groups excluding carboxylic acids is 1. The number of rotatable bonds is 6. The molecule has 104 valence electrons. The Morgan fingerprint density at radius 2 is 1.95 bits per heavy atom. The lowest BCUT2D eigenvalue weighted by Crippen LogP contribution is -2.30. The second-order valence-electron chi connectivity index (χ2n) is 5.62. The Hall–Kier alpha value is -1.30. The predicted molar refractivity (Wildman–Crippen MR) is 77.6 cm³/mol. The van der Waals surface area contributed by atoms with Crippen LogP contribution < -0.4 is 16.0 Å². The van der Waals surface area contributed by atoms with Gasteiger partial charge in [0.15, 0.2) is 5.82 Å². The minimum atomic E-state index is -0.127. The molecule has 2 saturated carbocycles. The maximum Gasteiger partial charge on any atom is 0.257 e. The number of hydrogen-bond acceptors (Lipinski definition) is 5. The van der Waals surface area contributed by atoms with Crippen molar-refractivity contribution in [1.82, 2.24) is 9.69 Å². The van der Waals surface area contributed by atoms with E-state index in [1.165, 1.54) is 37.2 Å². The fraction of sp³-hybridized carbons (Fsp3) is 0.692. The molecule has 2 aliphatic rings. The summed E-state index contributed by atoms with van der Waals surface area (Å²) in [5, 5.41) is 3.62. The van der Waals surface area contributed by atoms with Crippen molar-refractivity contribution in [2.24, 2.45) is 11.8 Å². The van der Waals surface area contributed by atoms with Crippen LogP contribution in [-0.2, 0) is 0 Å². The number of anilines is 2. The lowest BCUT2D eigenvalue weighted by Gasteiger charge is -2.23. The number of amides is 1. The van der Waals surface area contributed by atoms with Crippen LogP contribution in [0.5, 0.6) is 0 Å². The van der Waals surface area contributed by atoms with Crippen LogP contribution in [0.25, 0.3) is 0 Å². The molecule has 5 nitrogen and oxygen atoms in total. The Morgan fingerprint density at radius 1 is 1.37 bits per heavy atom. The van der Waals surface area contributed by atoms with E-state index in [1.54, 1.807) is 7.05 Å². The molecule has 0 aromatic carbocycles. The van der Waals surface area contributed by atoms with Gasteiger partial charge in [-0.05, 0) is 49.1 Å². The highest BCUT2D eigenvalue weighted by Gasteiger charge is 2.32. The SMILES string of the molecule is CNC(=O)c1c(N)nsc1N(CC1CC1)CC1CC1. The standard InChI is InChI=1S/C13H20N4OS/c1-15-12(18)10-11(14)16-19-13(10)17(6-8-2-3-8)7-9-4-5-9/h8-9H,2-7H2,1H3,(H2,14,16)(H,15,18). The first-order chi connectivity index (χ1) is 9.19. The lowest BCUT2D eigenvalue weighted by atomic mass is 10.2. The Bertz CT molecular complexity index is 465. The Morgan fingerprint density at radius 3 is 2.42 bits per heavy atom. The third-order valence-corrected chi connectivity index (χ3v) is 4.72. The van der Waals surface area contributed by atoms with Crippen LogP contribution in [-0.4, -0.2) is 30.4 Å². The largest absolute Gasteiger partial charge is 0.382 e. The van der Waals surface area contributed by atoms with Gasteiger partial charge in [0.05, 0.1) is 0 Å². The highest BCUT2D eigenvalue weighted by molar-refractivity contribution is 7.11. The molecule has 0 atom stereocenters. The number of hydrogen-bond donors (Lipinski definition) is 2. The summed E-state index contributed by atoms with van der Waals surface area (Å²) in [6, 6.07) is 0. The first-order valence-electron chi connectivity index (χ1n) is 6.91. The van der Waals surface area contributed by atoms with Crippen molar-refractivity contribution >= 4 is 28.3 Å². The van der Waals surface area contributed by atoms with Gasteiger partial charge in [-0.1, -0.05) is 0 Å². The molecule has 0 spiro atoms. The van der Waals surface area contributed by atoms with E-state index in [0.29, 0.717) is 11.4 Å². The van der Waals surface area contributed by atoms with Gasteiger partial charge in [-0.3, -0.25) is 4.79 Å². The van der Waals surface area contributed by atoms with Gasteiger partial charge >= 0.3 is 0 Å². The fourth-order valence-electron chi connectivity index (χ4n) is 2.31. The maximum atomic E-state index is 12.0. The third kappa shape index (κ3) is 2.83. The van der Waals surface area contributed by atoms with Crippen LogP contribution in [0.3, 0.4) is 0 Å². The number of nitrogen functional groups attached to an aromatic ring is 1. The molecule has 0 radical (unpaired) electrons. The van der Waals surface area contributed by atoms with Gasteiger partial charge in [-0.15, -0.1) is 0 Å². The molecule has 0 aliphatic heterocycles. The van der Waals surface area contributed by atoms with Crippen LogP contribution in [0.4, 0.5) is 10.8 Å². The van der Waals surface area contributed by atoms with E-state index in [-0.39, 0.29) is 5.91 Å². The van der Waals surface area contributed by atoms with Crippen molar-refractivity contribution < 1.29 is 4.79 Å². The zero-order valence-corrected chi connectivity index (χ0v) is 12.0. The molecule has 0 unspecified atom stereocenters. The predicted octanol–water partition coefficient (Wildman–Crippen LogP) is 1.71. The van der Waals surface area contributed by atoms with Crippen molar-refractivity contribution in [2.75, 3.05) is 30.8 Å². The molecule has 2 fully saturated rings. The molecular formula is C13H20N4OS. The van der Waals surface area contributed by atoms with Crippen LogP contribution in [0.15, 0.2) is 0 Å². The first kappa shape index (κ1) is 12.7. The van der Waals surface area contributed by atoms with Crippen molar-refractivity contribution in [1.29, 1.82) is 0 Å². The summed E-state index contributed by atoms with van der Waals surface area (Å²) in [4.78, 5) is 14.3. The van der Waals surface area contributed by atoms with E-state index in [4.69, 9.17) is 5.73 Å². The number of nitrogens with zero attached hydrogens (tertiary/aromatic N) is 2. The minimum absolute atomic E-state index is 0.127. The van der Waals surface area contributed by atoms with Gasteiger partial charge in [0, 0.05) is 20.1 Å². The number of nitrogens with two attached hydrogens (primary N) is 1. The molecule has 1 amide bonds. The average Bonchev–Trinajstić information content (AvgIpc) is 3.31. The molecule has 2 aliphatic carbocycles. The van der Waals surface area contributed by atoms with Gasteiger partial charge < -0.3 is 16.0 Å². The summed E-state index contributed by atoms with van der Waals surface area (Å²) in [7, 11) is 1.63. The molecular weight excluding hydrogens is 260 g/mol. The van der Waals surface area contributed by atoms with E-state index in [1.807, 2.05) is 0 Å². The monoisotopic (exact) mass is 280 g/mol. The summed E-state index contributed by atoms with van der Waals surface area (Å²) in [5.74, 6) is 1.81. The molecule has 19 heavy (non-hydrogen) atoms. The molecule has 3 rings (SSSR count). The second-order valence-corrected chi connectivity index (χ2v) is 6.37. The molecule has 1 heterocycles. The third-order valence-electron chi connectivity index (χ3n) is 3.79. The number of aromatic nitrogens is 1. The Kier molecular flexibility index (Phi) is 3.35. The lowest BCUT2D eigenvalue weighted by molar-refractivity contribution is 0.0964. The topological polar surface area (TPSA) is 71.2 Å². The summed E-state index contributed by atoms with van der Waals surface area (Å²) in [6.07, 6.45) is 5.24. The molecule has 3 N–H and O–H groups in total. The van der Waals surface area contributed by atoms with E-state index < -0.39 is 0 Å². The van der Waals surface area contributed by atoms with Crippen LogP contribution in [0, 0.1) is 11.8 Å². The zero-order chi connectivity index (χ0) is 13.4. The van der Waals surface area contributed by atoms with Crippen molar-refractivity contribution in [3.8, 4) is 0 Å². The Balaban J connectivity index is 1.84. The summed E-state index contributed by atoms with van der Waals surface area (Å²) in [6.45, 7) is 2.09. The fourth-order valence-corrected chi connectivity index (χ4v) is 3.14. The van der Waals surface area contributed by atoms with Crippen molar-refractivity contribution in [3.63, 3.8) is 0 Å². The van der Waals surface area contributed by atoms with Crippen LogP contribution >= 0.6 is 11.5 Å². The molecule has 1 aromatic heterocycles. The van der Waals surface area contributed by atoms with E-state index in [2.05, 4.69) is 14.6 Å². The number of carbonyl (C=O) groups is 1. The first-order valence-corrected chi connectivity index (χ1v) is 7.68. The average molecular weight is 280 g/mol.